The minimum Gasteiger partial charge on any atom is -0.472 e. The van der Waals surface area contributed by atoms with Crippen molar-refractivity contribution in [3.8, 4) is 0 Å². The van der Waals surface area contributed by atoms with Gasteiger partial charge in [-0.1, -0.05) is 33.8 Å². The zero-order chi connectivity index (χ0) is 39.9. The predicted molar refractivity (Wildman–Crippen MR) is 184 cm³/mol. The molecule has 3 spiro atoms. The van der Waals surface area contributed by atoms with Crippen LogP contribution in [0.15, 0.2) is 34.7 Å². The molecule has 300 valence electrons. The van der Waals surface area contributed by atoms with E-state index in [-0.39, 0.29) is 37.9 Å². The normalized spacial score (nSPS) is 46.4. The van der Waals surface area contributed by atoms with E-state index in [0.717, 1.165) is 0 Å². The first-order valence-electron chi connectivity index (χ1n) is 19.0. The van der Waals surface area contributed by atoms with E-state index in [4.69, 9.17) is 42.3 Å². The molecule has 3 aliphatic heterocycles. The summed E-state index contributed by atoms with van der Waals surface area (Å²) in [5, 5.41) is 14.1. The maximum atomic E-state index is 14.2. The van der Waals surface area contributed by atoms with Crippen molar-refractivity contribution in [1.82, 2.24) is 0 Å². The highest BCUT2D eigenvalue weighted by molar-refractivity contribution is 5.88. The van der Waals surface area contributed by atoms with Crippen molar-refractivity contribution < 1.29 is 71.4 Å². The summed E-state index contributed by atoms with van der Waals surface area (Å²) in [4.78, 5) is 68.3. The molecule has 4 saturated carbocycles. The standard InChI is InChI=1S/C40H50O15/c1-10-21(4)30(45)52-31-34(7)18-38-36(19-49-27(43)15-24(34)36)37-13-12-33(6,28(50-22(5)41)23-11-14-48-17-23)25(16-26(42)47-9)40(37,55-35(8,53-37)54-38)32(39(31,38)46)51-29(44)20(2)3/h10-11,14,17,20,24-25,28,31-32,46H,12-13,15-16,18-19H2,1-9H3/b21-10+/t24-,25+,28-,31-,32+,33+,34+,35+,36-,37-,38+,39-,40+/m0/s1. The van der Waals surface area contributed by atoms with Gasteiger partial charge in [0.2, 0.25) is 0 Å². The number of hydrogen-bond acceptors (Lipinski definition) is 15. The van der Waals surface area contributed by atoms with Crippen LogP contribution in [0.4, 0.5) is 0 Å². The molecule has 8 rings (SSSR count). The lowest BCUT2D eigenvalue weighted by atomic mass is 9.33. The quantitative estimate of drug-likeness (QED) is 0.215. The Balaban J connectivity index is 1.48. The lowest BCUT2D eigenvalue weighted by molar-refractivity contribution is -0.486. The van der Waals surface area contributed by atoms with Crippen LogP contribution < -0.4 is 0 Å². The van der Waals surface area contributed by atoms with Gasteiger partial charge < -0.3 is 47.4 Å². The number of hydrogen-bond donors (Lipinski definition) is 1. The van der Waals surface area contributed by atoms with Gasteiger partial charge >= 0.3 is 29.8 Å². The molecule has 4 heterocycles. The van der Waals surface area contributed by atoms with Gasteiger partial charge in [-0.2, -0.15) is 0 Å². The van der Waals surface area contributed by atoms with Crippen molar-refractivity contribution in [3.63, 3.8) is 0 Å². The average molecular weight is 771 g/mol. The van der Waals surface area contributed by atoms with Crippen LogP contribution in [-0.2, 0) is 61.9 Å². The lowest BCUT2D eigenvalue weighted by Gasteiger charge is -2.77. The van der Waals surface area contributed by atoms with E-state index < -0.39 is 117 Å². The Labute approximate surface area is 318 Å². The first-order chi connectivity index (χ1) is 25.7. The van der Waals surface area contributed by atoms with E-state index in [0.29, 0.717) is 5.56 Å². The summed E-state index contributed by atoms with van der Waals surface area (Å²) in [6.45, 7) is 12.8. The fraction of sp³-hybridized carbons (Fsp3) is 0.725. The van der Waals surface area contributed by atoms with Crippen LogP contribution in [0.3, 0.4) is 0 Å². The Morgan fingerprint density at radius 1 is 1.02 bits per heavy atom. The van der Waals surface area contributed by atoms with Crippen molar-refractivity contribution in [3.05, 3.63) is 35.8 Å². The third-order valence-electron chi connectivity index (χ3n) is 14.8. The van der Waals surface area contributed by atoms with Crippen molar-refractivity contribution in [2.24, 2.45) is 34.0 Å². The molecule has 0 aromatic carbocycles. The van der Waals surface area contributed by atoms with Gasteiger partial charge in [0.25, 0.3) is 5.97 Å². The molecule has 4 bridgehead atoms. The number of fused-ring (bicyclic) bond motifs is 3. The molecular weight excluding hydrogens is 720 g/mol. The van der Waals surface area contributed by atoms with E-state index in [1.807, 2.05) is 13.8 Å². The average Bonchev–Trinajstić information content (AvgIpc) is 3.83. The first kappa shape index (κ1) is 38.1. The second kappa shape index (κ2) is 11.6. The summed E-state index contributed by atoms with van der Waals surface area (Å²) >= 11 is 0. The molecular formula is C40H50O15. The molecule has 15 nitrogen and oxygen atoms in total. The molecule has 15 heteroatoms. The van der Waals surface area contributed by atoms with E-state index >= 15 is 0 Å². The summed E-state index contributed by atoms with van der Waals surface area (Å²) in [5.74, 6) is -7.69. The number of aliphatic hydroxyl groups is 1. The lowest BCUT2D eigenvalue weighted by Crippen LogP contribution is -2.95. The largest absolute Gasteiger partial charge is 0.472 e. The van der Waals surface area contributed by atoms with Crippen molar-refractivity contribution in [2.75, 3.05) is 13.7 Å². The van der Waals surface area contributed by atoms with Gasteiger partial charge in [0.1, 0.15) is 35.6 Å². The van der Waals surface area contributed by atoms with Crippen molar-refractivity contribution >= 4 is 29.8 Å². The van der Waals surface area contributed by atoms with Gasteiger partial charge in [0, 0.05) is 48.2 Å². The van der Waals surface area contributed by atoms with Gasteiger partial charge in [0.15, 0.2) is 11.7 Å². The molecule has 4 aliphatic carbocycles. The maximum Gasteiger partial charge on any atom is 0.333 e. The molecule has 0 unspecified atom stereocenters. The molecule has 13 atom stereocenters. The number of methoxy groups -OCH3 is 1. The summed E-state index contributed by atoms with van der Waals surface area (Å²) < 4.78 is 57.4. The second-order valence-corrected chi connectivity index (χ2v) is 17.6. The first-order valence-corrected chi connectivity index (χ1v) is 19.0. The van der Waals surface area contributed by atoms with Gasteiger partial charge in [-0.05, 0) is 45.1 Å². The number of ether oxygens (including phenoxy) is 8. The Bertz CT molecular complexity index is 1890. The smallest absolute Gasteiger partial charge is 0.333 e. The molecule has 0 amide bonds. The van der Waals surface area contributed by atoms with Crippen molar-refractivity contribution in [1.29, 1.82) is 0 Å². The molecule has 7 fully saturated rings. The topological polar surface area (TPSA) is 193 Å². The van der Waals surface area contributed by atoms with E-state index in [9.17, 15) is 29.1 Å². The zero-order valence-electron chi connectivity index (χ0n) is 32.7. The van der Waals surface area contributed by atoms with Crippen LogP contribution in [0.5, 0.6) is 0 Å². The van der Waals surface area contributed by atoms with Gasteiger partial charge in [-0.15, -0.1) is 0 Å². The minimum absolute atomic E-state index is 0.0601. The summed E-state index contributed by atoms with van der Waals surface area (Å²) in [6, 6.07) is 1.66. The molecule has 1 N–H and O–H groups in total. The number of cyclic esters (lactones) is 1. The number of allylic oxidation sites excluding steroid dienone is 1. The van der Waals surface area contributed by atoms with Crippen LogP contribution in [0.1, 0.15) is 99.2 Å². The van der Waals surface area contributed by atoms with Crippen LogP contribution in [0.2, 0.25) is 0 Å². The van der Waals surface area contributed by atoms with Gasteiger partial charge in [-0.3, -0.25) is 19.2 Å². The van der Waals surface area contributed by atoms with Gasteiger partial charge in [0.05, 0.1) is 37.4 Å². The zero-order valence-corrected chi connectivity index (χ0v) is 32.7. The number of carbonyl (C=O) groups is 5. The Morgan fingerprint density at radius 2 is 1.73 bits per heavy atom. The minimum atomic E-state index is -2.39. The predicted octanol–water partition coefficient (Wildman–Crippen LogP) is 3.99. The van der Waals surface area contributed by atoms with Gasteiger partial charge in [-0.25, -0.2) is 4.79 Å². The van der Waals surface area contributed by atoms with Crippen molar-refractivity contribution in [2.45, 2.75) is 134 Å². The fourth-order valence-electron chi connectivity index (χ4n) is 12.9. The molecule has 1 aromatic rings. The SMILES string of the molecule is C/C=C(\C)C(=O)O[C@H]1[C@]2(C)C[C@@]34O[C@]5(C)O[C@]6([C@H](CC(=O)OC)[C@](C)([C@@H](OC(C)=O)c7ccoc7)CC[C@]6(O5)[C@@]35COC(=O)C[C@@H]25)[C@H](OC(=O)C(C)C)[C@@]14O. The van der Waals surface area contributed by atoms with Crippen LogP contribution in [0.25, 0.3) is 0 Å². The van der Waals surface area contributed by atoms with E-state index in [2.05, 4.69) is 0 Å². The van der Waals surface area contributed by atoms with E-state index in [1.165, 1.54) is 26.6 Å². The molecule has 0 radical (unpaired) electrons. The second-order valence-electron chi connectivity index (χ2n) is 17.6. The number of carbonyl (C=O) groups excluding carboxylic acids is 5. The van der Waals surface area contributed by atoms with E-state index in [1.54, 1.807) is 46.8 Å². The number of furan rings is 1. The highest BCUT2D eigenvalue weighted by Crippen LogP contribution is 2.90. The van der Waals surface area contributed by atoms with Crippen LogP contribution >= 0.6 is 0 Å². The Morgan fingerprint density at radius 3 is 2.35 bits per heavy atom. The third kappa shape index (κ3) is 4.22. The summed E-state index contributed by atoms with van der Waals surface area (Å²) in [7, 11) is 1.24. The molecule has 55 heavy (non-hydrogen) atoms. The Hall–Kier alpha value is -3.79. The highest BCUT2D eigenvalue weighted by Gasteiger charge is 3.05. The molecule has 7 aliphatic rings. The highest BCUT2D eigenvalue weighted by atomic mass is 16.9. The summed E-state index contributed by atoms with van der Waals surface area (Å²) in [5.41, 5.74) is -10.8. The third-order valence-corrected chi connectivity index (χ3v) is 14.8. The number of esters is 5. The monoisotopic (exact) mass is 770 g/mol. The molecule has 1 aromatic heterocycles. The fourth-order valence-corrected chi connectivity index (χ4v) is 12.9. The maximum absolute atomic E-state index is 14.2. The summed E-state index contributed by atoms with van der Waals surface area (Å²) in [6.07, 6.45) is 0.137. The van der Waals surface area contributed by atoms with Crippen LogP contribution in [0, 0.1) is 34.0 Å². The molecule has 3 saturated heterocycles. The Kier molecular flexibility index (Phi) is 8.06. The number of rotatable bonds is 9. The van der Waals surface area contributed by atoms with Crippen LogP contribution in [-0.4, -0.2) is 89.3 Å².